The van der Waals surface area contributed by atoms with Crippen LogP contribution in [0.3, 0.4) is 0 Å². The van der Waals surface area contributed by atoms with Crippen molar-refractivity contribution in [2.45, 2.75) is 0 Å². The average Bonchev–Trinajstić information content (AvgIpc) is 2.18. The molecule has 0 saturated heterocycles. The van der Waals surface area contributed by atoms with Gasteiger partial charge in [0.2, 0.25) is 0 Å². The van der Waals surface area contributed by atoms with Crippen molar-refractivity contribution in [1.29, 1.82) is 0 Å². The van der Waals surface area contributed by atoms with Crippen LogP contribution in [-0.4, -0.2) is 6.98 Å². The van der Waals surface area contributed by atoms with Gasteiger partial charge in [0.15, 0.2) is 0 Å². The Morgan fingerprint density at radius 3 is 2.20 bits per heavy atom. The van der Waals surface area contributed by atoms with E-state index in [1.54, 1.807) is 30.3 Å². The Hall–Kier alpha value is -1.52. The van der Waals surface area contributed by atoms with E-state index >= 15 is 0 Å². The van der Waals surface area contributed by atoms with Crippen molar-refractivity contribution in [2.75, 3.05) is 0 Å². The van der Waals surface area contributed by atoms with Crippen LogP contribution in [0.15, 0.2) is 48.2 Å². The van der Waals surface area contributed by atoms with Crippen LogP contribution in [0.2, 0.25) is 0 Å². The molecule has 0 atom stereocenters. The van der Waals surface area contributed by atoms with Gasteiger partial charge in [0.1, 0.15) is 0 Å². The number of benzene rings is 1. The van der Waals surface area contributed by atoms with Crippen molar-refractivity contribution in [3.8, 4) is 0 Å². The van der Waals surface area contributed by atoms with Gasteiger partial charge in [-0.1, -0.05) is 48.6 Å². The highest BCUT2D eigenvalue weighted by Crippen LogP contribution is 2.20. The molecular formula is C10H8BF4-. The lowest BCUT2D eigenvalue weighted by Gasteiger charge is -2.09. The normalized spacial score (nSPS) is 13.5. The minimum atomic E-state index is -5.51. The van der Waals surface area contributed by atoms with Crippen molar-refractivity contribution in [2.24, 2.45) is 0 Å². The van der Waals surface area contributed by atoms with E-state index in [0.29, 0.717) is 6.08 Å². The summed E-state index contributed by atoms with van der Waals surface area (Å²) in [5.74, 6) is 0. The third kappa shape index (κ3) is 4.02. The Morgan fingerprint density at radius 2 is 1.67 bits per heavy atom. The zero-order valence-electron chi connectivity index (χ0n) is 7.71. The van der Waals surface area contributed by atoms with Gasteiger partial charge in [0.05, 0.1) is 0 Å². The van der Waals surface area contributed by atoms with Crippen LogP contribution < -0.4 is 0 Å². The summed E-state index contributed by atoms with van der Waals surface area (Å²) in [5, 5.41) is 0. The lowest BCUT2D eigenvalue weighted by atomic mass is 9.89. The summed E-state index contributed by atoms with van der Waals surface area (Å²) in [4.78, 5) is 0. The van der Waals surface area contributed by atoms with Crippen LogP contribution >= 0.6 is 0 Å². The Kier molecular flexibility index (Phi) is 3.71. The van der Waals surface area contributed by atoms with Crippen molar-refractivity contribution >= 4 is 13.1 Å². The Morgan fingerprint density at radius 1 is 1.07 bits per heavy atom. The third-order valence-corrected chi connectivity index (χ3v) is 1.66. The number of hydrogen-bond donors (Lipinski definition) is 0. The maximum Gasteiger partial charge on any atom is 0.537 e. The summed E-state index contributed by atoms with van der Waals surface area (Å²) in [5.41, 5.74) is -1.32. The van der Waals surface area contributed by atoms with Gasteiger partial charge < -0.3 is 12.9 Å². The second kappa shape index (κ2) is 4.82. The van der Waals surface area contributed by atoms with E-state index in [1.807, 2.05) is 0 Å². The largest absolute Gasteiger partial charge is 0.537 e. The average molecular weight is 215 g/mol. The first-order valence-corrected chi connectivity index (χ1v) is 4.29. The van der Waals surface area contributed by atoms with Crippen LogP contribution in [0, 0.1) is 0 Å². The second-order valence-electron chi connectivity index (χ2n) is 2.90. The van der Waals surface area contributed by atoms with Gasteiger partial charge in [-0.15, -0.1) is 0 Å². The fourth-order valence-corrected chi connectivity index (χ4v) is 0.924. The number of rotatable bonds is 3. The maximum absolute atomic E-state index is 12.3. The quantitative estimate of drug-likeness (QED) is 0.407. The topological polar surface area (TPSA) is 0 Å². The number of halogens is 4. The van der Waals surface area contributed by atoms with Crippen molar-refractivity contribution in [3.63, 3.8) is 0 Å². The Labute approximate surface area is 85.0 Å². The molecule has 0 amide bonds. The molecule has 0 saturated carbocycles. The standard InChI is InChI=1S/C10H8BF4/c12-10(11(13,14)15)8-4-7-9-5-2-1-3-6-9/h1-8H/q-1/b7-4+,10-8-. The number of hydrogen-bond acceptors (Lipinski definition) is 0. The highest BCUT2D eigenvalue weighted by molar-refractivity contribution is 6.66. The fraction of sp³-hybridized carbons (Fsp3) is 0. The van der Waals surface area contributed by atoms with Crippen LogP contribution in [0.25, 0.3) is 6.08 Å². The summed E-state index contributed by atoms with van der Waals surface area (Å²) >= 11 is 0. The fourth-order valence-electron chi connectivity index (χ4n) is 0.924. The lowest BCUT2D eigenvalue weighted by molar-refractivity contribution is 0.452. The molecule has 0 aliphatic rings. The van der Waals surface area contributed by atoms with E-state index in [2.05, 4.69) is 0 Å². The van der Waals surface area contributed by atoms with Gasteiger partial charge in [-0.25, -0.2) is 4.39 Å². The van der Waals surface area contributed by atoms with Gasteiger partial charge in [0.25, 0.3) is 0 Å². The predicted octanol–water partition coefficient (Wildman–Crippen LogP) is 3.94. The van der Waals surface area contributed by atoms with Crippen LogP contribution in [-0.2, 0) is 0 Å². The molecule has 0 unspecified atom stereocenters. The molecule has 5 heteroatoms. The first-order chi connectivity index (χ1) is 7.00. The van der Waals surface area contributed by atoms with E-state index in [0.717, 1.165) is 11.6 Å². The summed E-state index contributed by atoms with van der Waals surface area (Å²) in [7, 11) is 0. The molecule has 0 aromatic heterocycles. The molecular weight excluding hydrogens is 207 g/mol. The van der Waals surface area contributed by atoms with Crippen molar-refractivity contribution in [1.82, 2.24) is 0 Å². The van der Waals surface area contributed by atoms with Gasteiger partial charge in [0, 0.05) is 5.73 Å². The summed E-state index contributed by atoms with van der Waals surface area (Å²) in [6.07, 6.45) is 2.87. The zero-order valence-corrected chi connectivity index (χ0v) is 7.71. The SMILES string of the molecule is F/C(=C\C=C\c1ccccc1)[B-](F)(F)F. The van der Waals surface area contributed by atoms with Crippen LogP contribution in [0.4, 0.5) is 17.3 Å². The minimum Gasteiger partial charge on any atom is -0.443 e. The van der Waals surface area contributed by atoms with Crippen LogP contribution in [0.5, 0.6) is 0 Å². The molecule has 0 fully saturated rings. The molecule has 0 spiro atoms. The van der Waals surface area contributed by atoms with Gasteiger partial charge in [-0.3, -0.25) is 0 Å². The van der Waals surface area contributed by atoms with Crippen molar-refractivity contribution in [3.05, 3.63) is 53.8 Å². The Bertz CT molecular complexity index is 365. The van der Waals surface area contributed by atoms with E-state index in [4.69, 9.17) is 0 Å². The first-order valence-electron chi connectivity index (χ1n) is 4.29. The molecule has 0 bridgehead atoms. The van der Waals surface area contributed by atoms with Crippen LogP contribution in [0.1, 0.15) is 5.56 Å². The van der Waals surface area contributed by atoms with Gasteiger partial charge in [-0.2, -0.15) is 0 Å². The molecule has 1 aromatic rings. The molecule has 1 aromatic carbocycles. The maximum atomic E-state index is 12.3. The summed E-state index contributed by atoms with van der Waals surface area (Å²) in [6.45, 7) is -5.51. The van der Waals surface area contributed by atoms with E-state index in [9.17, 15) is 17.3 Å². The monoisotopic (exact) mass is 215 g/mol. The zero-order chi connectivity index (χ0) is 11.3. The van der Waals surface area contributed by atoms with E-state index < -0.39 is 12.7 Å². The van der Waals surface area contributed by atoms with Gasteiger partial charge in [-0.05, 0) is 5.56 Å². The highest BCUT2D eigenvalue weighted by atomic mass is 19.4. The van der Waals surface area contributed by atoms with E-state index in [1.165, 1.54) is 6.08 Å². The molecule has 0 radical (unpaired) electrons. The van der Waals surface area contributed by atoms with E-state index in [-0.39, 0.29) is 0 Å². The second-order valence-corrected chi connectivity index (χ2v) is 2.90. The predicted molar refractivity (Wildman–Crippen MR) is 53.7 cm³/mol. The molecule has 0 N–H and O–H groups in total. The molecule has 0 heterocycles. The Balaban J connectivity index is 2.69. The molecule has 15 heavy (non-hydrogen) atoms. The molecule has 1 rings (SSSR count). The summed E-state index contributed by atoms with van der Waals surface area (Å²) < 4.78 is 47.6. The smallest absolute Gasteiger partial charge is 0.443 e. The number of allylic oxidation sites excluding steroid dienone is 2. The molecule has 80 valence electrons. The lowest BCUT2D eigenvalue weighted by Crippen LogP contribution is -2.15. The molecule has 0 aliphatic heterocycles. The summed E-state index contributed by atoms with van der Waals surface area (Å²) in [6, 6.07) is 8.69. The van der Waals surface area contributed by atoms with Gasteiger partial charge >= 0.3 is 6.98 Å². The third-order valence-electron chi connectivity index (χ3n) is 1.66. The molecule has 0 nitrogen and oxygen atoms in total. The molecule has 0 aliphatic carbocycles. The minimum absolute atomic E-state index is 0.424. The van der Waals surface area contributed by atoms with Crippen molar-refractivity contribution < 1.29 is 17.3 Å². The highest BCUT2D eigenvalue weighted by Gasteiger charge is 2.28. The first kappa shape index (κ1) is 11.6.